The van der Waals surface area contributed by atoms with Gasteiger partial charge >= 0.3 is 0 Å². The number of aromatic nitrogens is 3. The lowest BCUT2D eigenvalue weighted by molar-refractivity contribution is 0.276. The normalized spacial score (nSPS) is 12.7. The average Bonchev–Trinajstić information content (AvgIpc) is 2.78. The van der Waals surface area contributed by atoms with Gasteiger partial charge in [-0.15, -0.1) is 5.10 Å². The van der Waals surface area contributed by atoms with E-state index in [0.717, 1.165) is 0 Å². The fourth-order valence-electron chi connectivity index (χ4n) is 1.46. The van der Waals surface area contributed by atoms with Gasteiger partial charge in [-0.1, -0.05) is 35.5 Å². The maximum Gasteiger partial charge on any atom is 0.108 e. The molecule has 4 heteroatoms. The van der Waals surface area contributed by atoms with Crippen LogP contribution in [0.25, 0.3) is 0 Å². The molecular formula is C11H13N3O. The Morgan fingerprint density at radius 2 is 2.07 bits per heavy atom. The van der Waals surface area contributed by atoms with Crippen LogP contribution in [0.5, 0.6) is 0 Å². The molecule has 1 aromatic carbocycles. The Hall–Kier alpha value is -1.68. The minimum Gasteiger partial charge on any atom is -0.390 e. The van der Waals surface area contributed by atoms with Crippen molar-refractivity contribution in [3.8, 4) is 0 Å². The Bertz CT molecular complexity index is 424. The summed E-state index contributed by atoms with van der Waals surface area (Å²) in [5.74, 6) is 0. The van der Waals surface area contributed by atoms with Crippen LogP contribution in [0.1, 0.15) is 24.2 Å². The second-order valence-electron chi connectivity index (χ2n) is 3.43. The van der Waals surface area contributed by atoms with E-state index >= 15 is 0 Å². The number of hydrogen-bond donors (Lipinski definition) is 1. The molecule has 1 heterocycles. The first-order valence-electron chi connectivity index (χ1n) is 4.88. The number of benzene rings is 1. The van der Waals surface area contributed by atoms with Crippen molar-refractivity contribution < 1.29 is 5.11 Å². The summed E-state index contributed by atoms with van der Waals surface area (Å²) in [7, 11) is 0. The lowest BCUT2D eigenvalue weighted by atomic mass is 10.1. The molecule has 1 N–H and O–H groups in total. The molecule has 0 fully saturated rings. The molecule has 0 saturated heterocycles. The third-order valence-electron chi connectivity index (χ3n) is 2.40. The topological polar surface area (TPSA) is 50.9 Å². The molecule has 2 rings (SSSR count). The average molecular weight is 203 g/mol. The van der Waals surface area contributed by atoms with Crippen LogP contribution in [0.2, 0.25) is 0 Å². The summed E-state index contributed by atoms with van der Waals surface area (Å²) in [6, 6.07) is 10.2. The molecule has 0 spiro atoms. The Morgan fingerprint density at radius 3 is 2.67 bits per heavy atom. The molecule has 0 amide bonds. The smallest absolute Gasteiger partial charge is 0.108 e. The third-order valence-corrected chi connectivity index (χ3v) is 2.40. The summed E-state index contributed by atoms with van der Waals surface area (Å²) in [4.78, 5) is 0. The molecule has 0 saturated carbocycles. The van der Waals surface area contributed by atoms with E-state index in [0.29, 0.717) is 5.69 Å². The van der Waals surface area contributed by atoms with Crippen LogP contribution < -0.4 is 0 Å². The van der Waals surface area contributed by atoms with Gasteiger partial charge in [0.25, 0.3) is 0 Å². The minimum absolute atomic E-state index is 0.0679. The molecule has 0 aliphatic carbocycles. The van der Waals surface area contributed by atoms with Gasteiger partial charge in [0, 0.05) is 0 Å². The van der Waals surface area contributed by atoms with Crippen LogP contribution in [-0.2, 0) is 6.61 Å². The maximum absolute atomic E-state index is 8.89. The van der Waals surface area contributed by atoms with Crippen molar-refractivity contribution in [3.05, 3.63) is 47.8 Å². The molecule has 4 nitrogen and oxygen atoms in total. The van der Waals surface area contributed by atoms with Crippen molar-refractivity contribution in [2.45, 2.75) is 19.6 Å². The zero-order chi connectivity index (χ0) is 10.7. The van der Waals surface area contributed by atoms with E-state index in [4.69, 9.17) is 5.11 Å². The van der Waals surface area contributed by atoms with Crippen LogP contribution >= 0.6 is 0 Å². The van der Waals surface area contributed by atoms with Crippen molar-refractivity contribution in [1.29, 1.82) is 0 Å². The molecular weight excluding hydrogens is 190 g/mol. The molecule has 0 radical (unpaired) electrons. The van der Waals surface area contributed by atoms with E-state index in [2.05, 4.69) is 10.3 Å². The third kappa shape index (κ3) is 2.05. The highest BCUT2D eigenvalue weighted by atomic mass is 16.3. The number of nitrogens with zero attached hydrogens (tertiary/aromatic N) is 3. The van der Waals surface area contributed by atoms with Crippen molar-refractivity contribution in [1.82, 2.24) is 15.0 Å². The Morgan fingerprint density at radius 1 is 1.33 bits per heavy atom. The van der Waals surface area contributed by atoms with E-state index < -0.39 is 0 Å². The number of rotatable bonds is 3. The van der Waals surface area contributed by atoms with Crippen LogP contribution in [0, 0.1) is 0 Å². The monoisotopic (exact) mass is 203 g/mol. The quantitative estimate of drug-likeness (QED) is 0.819. The lowest BCUT2D eigenvalue weighted by Crippen LogP contribution is -2.07. The summed E-state index contributed by atoms with van der Waals surface area (Å²) < 4.78 is 1.75. The van der Waals surface area contributed by atoms with Gasteiger partial charge in [0.2, 0.25) is 0 Å². The van der Waals surface area contributed by atoms with Crippen molar-refractivity contribution in [2.24, 2.45) is 0 Å². The second kappa shape index (κ2) is 4.23. The maximum atomic E-state index is 8.89. The van der Waals surface area contributed by atoms with Crippen LogP contribution in [-0.4, -0.2) is 20.1 Å². The van der Waals surface area contributed by atoms with Gasteiger partial charge in [-0.25, -0.2) is 4.68 Å². The zero-order valence-corrected chi connectivity index (χ0v) is 8.54. The molecule has 0 aliphatic heterocycles. The first kappa shape index (κ1) is 9.86. The molecule has 1 aromatic heterocycles. The summed E-state index contributed by atoms with van der Waals surface area (Å²) in [6.45, 7) is 1.98. The highest BCUT2D eigenvalue weighted by molar-refractivity contribution is 5.18. The minimum atomic E-state index is -0.0679. The number of aliphatic hydroxyl groups excluding tert-OH is 1. The summed E-state index contributed by atoms with van der Waals surface area (Å²) in [6.07, 6.45) is 1.76. The molecule has 1 unspecified atom stereocenters. The molecule has 2 aromatic rings. The van der Waals surface area contributed by atoms with Crippen molar-refractivity contribution in [3.63, 3.8) is 0 Å². The van der Waals surface area contributed by atoms with E-state index in [1.807, 2.05) is 37.3 Å². The fraction of sp³-hybridized carbons (Fsp3) is 0.273. The van der Waals surface area contributed by atoms with Crippen molar-refractivity contribution >= 4 is 0 Å². The summed E-state index contributed by atoms with van der Waals surface area (Å²) in [5.41, 5.74) is 1.77. The van der Waals surface area contributed by atoms with Crippen LogP contribution in [0.15, 0.2) is 36.5 Å². The second-order valence-corrected chi connectivity index (χ2v) is 3.43. The largest absolute Gasteiger partial charge is 0.390 e. The SMILES string of the molecule is CC(c1ccccc1)n1cc(CO)nn1. The highest BCUT2D eigenvalue weighted by Gasteiger charge is 2.09. The zero-order valence-electron chi connectivity index (χ0n) is 8.54. The van der Waals surface area contributed by atoms with Gasteiger partial charge < -0.3 is 5.11 Å². The van der Waals surface area contributed by atoms with Gasteiger partial charge in [-0.3, -0.25) is 0 Å². The Labute approximate surface area is 88.2 Å². The van der Waals surface area contributed by atoms with Crippen molar-refractivity contribution in [2.75, 3.05) is 0 Å². The van der Waals surface area contributed by atoms with Crippen LogP contribution in [0.4, 0.5) is 0 Å². The van der Waals surface area contributed by atoms with Gasteiger partial charge in [0.05, 0.1) is 18.8 Å². The van der Waals surface area contributed by atoms with E-state index in [-0.39, 0.29) is 12.6 Å². The first-order valence-corrected chi connectivity index (χ1v) is 4.88. The molecule has 0 bridgehead atoms. The standard InChI is InChI=1S/C11H13N3O/c1-9(10-5-3-2-4-6-10)14-7-11(8-15)12-13-14/h2-7,9,15H,8H2,1H3. The molecule has 1 atom stereocenters. The number of hydrogen-bond acceptors (Lipinski definition) is 3. The fourth-order valence-corrected chi connectivity index (χ4v) is 1.46. The molecule has 78 valence electrons. The van der Waals surface area contributed by atoms with E-state index in [1.54, 1.807) is 10.9 Å². The van der Waals surface area contributed by atoms with Crippen LogP contribution in [0.3, 0.4) is 0 Å². The van der Waals surface area contributed by atoms with Gasteiger partial charge in [-0.05, 0) is 12.5 Å². The van der Waals surface area contributed by atoms with E-state index in [9.17, 15) is 0 Å². The summed E-state index contributed by atoms with van der Waals surface area (Å²) in [5, 5.41) is 16.7. The van der Waals surface area contributed by atoms with Gasteiger partial charge in [-0.2, -0.15) is 0 Å². The first-order chi connectivity index (χ1) is 7.31. The van der Waals surface area contributed by atoms with Gasteiger partial charge in [0.1, 0.15) is 5.69 Å². The van der Waals surface area contributed by atoms with Gasteiger partial charge in [0.15, 0.2) is 0 Å². The number of aliphatic hydroxyl groups is 1. The van der Waals surface area contributed by atoms with E-state index in [1.165, 1.54) is 5.56 Å². The highest BCUT2D eigenvalue weighted by Crippen LogP contribution is 2.15. The predicted octanol–water partition coefficient (Wildman–Crippen LogP) is 1.38. The molecule has 0 aliphatic rings. The molecule has 15 heavy (non-hydrogen) atoms. The lowest BCUT2D eigenvalue weighted by Gasteiger charge is -2.10. The Kier molecular flexibility index (Phi) is 2.78. The summed E-state index contributed by atoms with van der Waals surface area (Å²) >= 11 is 0. The predicted molar refractivity (Wildman–Crippen MR) is 56.2 cm³/mol. The Balaban J connectivity index is 2.24.